The van der Waals surface area contributed by atoms with Gasteiger partial charge in [0, 0.05) is 18.1 Å². The Morgan fingerprint density at radius 1 is 1.16 bits per heavy atom. The van der Waals surface area contributed by atoms with Crippen LogP contribution in [0.15, 0.2) is 53.3 Å². The number of amides is 1. The average Bonchev–Trinajstić information content (AvgIpc) is 2.67. The molecule has 6 heteroatoms. The molecule has 0 aliphatic carbocycles. The van der Waals surface area contributed by atoms with Crippen LogP contribution >= 0.6 is 15.9 Å². The van der Waals surface area contributed by atoms with E-state index < -0.39 is 5.91 Å². The molecule has 1 amide bonds. The maximum Gasteiger partial charge on any atom is 0.273 e. The summed E-state index contributed by atoms with van der Waals surface area (Å²) in [4.78, 5) is 20.5. The lowest BCUT2D eigenvalue weighted by Crippen LogP contribution is -2.26. The third kappa shape index (κ3) is 4.54. The minimum Gasteiger partial charge on any atom is -0.504 e. The number of halogens is 1. The van der Waals surface area contributed by atoms with Crippen molar-refractivity contribution in [1.82, 2.24) is 15.3 Å². The zero-order chi connectivity index (χ0) is 18.2. The summed E-state index contributed by atoms with van der Waals surface area (Å²) < 4.78 is 0.478. The van der Waals surface area contributed by atoms with Gasteiger partial charge in [-0.05, 0) is 40.0 Å². The Hall–Kier alpha value is -2.47. The van der Waals surface area contributed by atoms with Crippen molar-refractivity contribution < 1.29 is 9.90 Å². The molecule has 1 aromatic carbocycles. The Kier molecular flexibility index (Phi) is 6.89. The Bertz CT molecular complexity index is 854. The zero-order valence-corrected chi connectivity index (χ0v) is 15.7. The molecule has 0 saturated heterocycles. The monoisotopic (exact) mass is 401 g/mol. The molecular formula is C19H20BrN3O2. The second-order valence-electron chi connectivity index (χ2n) is 4.99. The summed E-state index contributed by atoms with van der Waals surface area (Å²) in [5.41, 5.74) is 1.45. The van der Waals surface area contributed by atoms with Gasteiger partial charge in [0.15, 0.2) is 11.4 Å². The second-order valence-corrected chi connectivity index (χ2v) is 5.74. The van der Waals surface area contributed by atoms with Crippen LogP contribution in [0, 0.1) is 0 Å². The smallest absolute Gasteiger partial charge is 0.273 e. The Balaban J connectivity index is 0.00000109. The summed E-state index contributed by atoms with van der Waals surface area (Å²) in [6.07, 6.45) is 2.27. The third-order valence-corrected chi connectivity index (χ3v) is 4.05. The molecule has 2 heterocycles. The van der Waals surface area contributed by atoms with E-state index in [4.69, 9.17) is 0 Å². The standard InChI is InChI=1S/C17H14BrN3O2.C2H6/c18-16-12-7-4-9-19-13(12)15(22)14(21-16)17(23)20-10-8-11-5-2-1-3-6-11;1-2/h1-7,9,22H,8,10H2,(H,20,23);1-2H3. The highest BCUT2D eigenvalue weighted by molar-refractivity contribution is 9.10. The highest BCUT2D eigenvalue weighted by Gasteiger charge is 2.18. The quantitative estimate of drug-likeness (QED) is 0.645. The van der Waals surface area contributed by atoms with Gasteiger partial charge in [-0.1, -0.05) is 44.2 Å². The largest absolute Gasteiger partial charge is 0.504 e. The lowest BCUT2D eigenvalue weighted by atomic mass is 10.1. The van der Waals surface area contributed by atoms with Crippen molar-refractivity contribution >= 4 is 32.7 Å². The van der Waals surface area contributed by atoms with E-state index in [1.54, 1.807) is 18.3 Å². The van der Waals surface area contributed by atoms with Gasteiger partial charge in [0.05, 0.1) is 0 Å². The third-order valence-electron chi connectivity index (χ3n) is 3.45. The van der Waals surface area contributed by atoms with Gasteiger partial charge in [-0.15, -0.1) is 0 Å². The van der Waals surface area contributed by atoms with E-state index in [0.717, 1.165) is 5.56 Å². The van der Waals surface area contributed by atoms with Gasteiger partial charge in [-0.3, -0.25) is 9.78 Å². The van der Waals surface area contributed by atoms with E-state index in [1.165, 1.54) is 0 Å². The Morgan fingerprint density at radius 2 is 1.88 bits per heavy atom. The van der Waals surface area contributed by atoms with Crippen molar-refractivity contribution in [2.24, 2.45) is 0 Å². The van der Waals surface area contributed by atoms with Gasteiger partial charge < -0.3 is 10.4 Å². The van der Waals surface area contributed by atoms with Crippen molar-refractivity contribution in [2.75, 3.05) is 6.54 Å². The fraction of sp³-hybridized carbons (Fsp3) is 0.211. The number of pyridine rings is 2. The number of nitrogens with one attached hydrogen (secondary N) is 1. The van der Waals surface area contributed by atoms with E-state index in [1.807, 2.05) is 44.2 Å². The summed E-state index contributed by atoms with van der Waals surface area (Å²) in [5.74, 6) is -0.632. The molecule has 0 unspecified atom stereocenters. The number of aromatic hydroxyl groups is 1. The topological polar surface area (TPSA) is 75.1 Å². The van der Waals surface area contributed by atoms with Crippen LogP contribution in [-0.4, -0.2) is 27.5 Å². The van der Waals surface area contributed by atoms with Gasteiger partial charge >= 0.3 is 0 Å². The fourth-order valence-electron chi connectivity index (χ4n) is 2.29. The molecule has 0 aliphatic heterocycles. The first-order valence-electron chi connectivity index (χ1n) is 8.12. The maximum absolute atomic E-state index is 12.3. The van der Waals surface area contributed by atoms with Crippen LogP contribution in [0.5, 0.6) is 5.75 Å². The molecule has 0 aliphatic rings. The first-order chi connectivity index (χ1) is 12.2. The van der Waals surface area contributed by atoms with Crippen molar-refractivity contribution in [2.45, 2.75) is 20.3 Å². The molecule has 0 radical (unpaired) electrons. The van der Waals surface area contributed by atoms with E-state index >= 15 is 0 Å². The number of hydrogen-bond acceptors (Lipinski definition) is 4. The molecule has 2 aromatic heterocycles. The van der Waals surface area contributed by atoms with Crippen molar-refractivity contribution in [1.29, 1.82) is 0 Å². The molecule has 0 saturated carbocycles. The molecule has 3 rings (SSSR count). The molecular weight excluding hydrogens is 382 g/mol. The van der Waals surface area contributed by atoms with Gasteiger partial charge in [0.2, 0.25) is 0 Å². The number of carbonyl (C=O) groups is 1. The normalized spacial score (nSPS) is 10.0. The van der Waals surface area contributed by atoms with Crippen LogP contribution in [0.1, 0.15) is 29.9 Å². The van der Waals surface area contributed by atoms with Crippen molar-refractivity contribution in [3.05, 3.63) is 64.5 Å². The molecule has 130 valence electrons. The summed E-state index contributed by atoms with van der Waals surface area (Å²) in [7, 11) is 0. The number of rotatable bonds is 4. The highest BCUT2D eigenvalue weighted by Crippen LogP contribution is 2.30. The minimum atomic E-state index is -0.424. The van der Waals surface area contributed by atoms with Crippen LogP contribution in [-0.2, 0) is 6.42 Å². The highest BCUT2D eigenvalue weighted by atomic mass is 79.9. The summed E-state index contributed by atoms with van der Waals surface area (Å²) >= 11 is 3.31. The molecule has 25 heavy (non-hydrogen) atoms. The number of aromatic nitrogens is 2. The SMILES string of the molecule is CC.O=C(NCCc1ccccc1)c1nc(Br)c2cccnc2c1O. The molecule has 0 fully saturated rings. The second kappa shape index (κ2) is 9.13. The average molecular weight is 402 g/mol. The van der Waals surface area contributed by atoms with Crippen LogP contribution in [0.4, 0.5) is 0 Å². The predicted octanol–water partition coefficient (Wildman–Crippen LogP) is 4.10. The van der Waals surface area contributed by atoms with E-state index in [0.29, 0.717) is 28.5 Å². The molecule has 5 nitrogen and oxygen atoms in total. The number of benzene rings is 1. The maximum atomic E-state index is 12.3. The Morgan fingerprint density at radius 3 is 2.60 bits per heavy atom. The summed E-state index contributed by atoms with van der Waals surface area (Å²) in [5, 5.41) is 13.7. The predicted molar refractivity (Wildman–Crippen MR) is 103 cm³/mol. The first-order valence-corrected chi connectivity index (χ1v) is 8.91. The number of nitrogens with zero attached hydrogens (tertiary/aromatic N) is 2. The van der Waals surface area contributed by atoms with E-state index in [-0.39, 0.29) is 11.4 Å². The van der Waals surface area contributed by atoms with Crippen LogP contribution < -0.4 is 5.32 Å². The number of fused-ring (bicyclic) bond motifs is 1. The number of hydrogen-bond donors (Lipinski definition) is 2. The molecule has 2 N–H and O–H groups in total. The van der Waals surface area contributed by atoms with Crippen molar-refractivity contribution in [3.63, 3.8) is 0 Å². The summed E-state index contributed by atoms with van der Waals surface area (Å²) in [6.45, 7) is 4.46. The molecule has 3 aromatic rings. The zero-order valence-electron chi connectivity index (χ0n) is 14.2. The van der Waals surface area contributed by atoms with Gasteiger partial charge in [0.25, 0.3) is 5.91 Å². The first kappa shape index (κ1) is 18.9. The van der Waals surface area contributed by atoms with Crippen molar-refractivity contribution in [3.8, 4) is 5.75 Å². The van der Waals surface area contributed by atoms with Gasteiger partial charge in [-0.2, -0.15) is 0 Å². The molecule has 0 spiro atoms. The van der Waals surface area contributed by atoms with E-state index in [2.05, 4.69) is 31.2 Å². The Labute approximate surface area is 155 Å². The number of carbonyl (C=O) groups excluding carboxylic acids is 1. The molecule has 0 atom stereocenters. The minimum absolute atomic E-state index is 0.0314. The van der Waals surface area contributed by atoms with Crippen LogP contribution in [0.25, 0.3) is 10.9 Å². The lowest BCUT2D eigenvalue weighted by Gasteiger charge is -2.09. The van der Waals surface area contributed by atoms with Crippen LogP contribution in [0.2, 0.25) is 0 Å². The lowest BCUT2D eigenvalue weighted by molar-refractivity contribution is 0.0946. The fourth-order valence-corrected chi connectivity index (χ4v) is 2.79. The summed E-state index contributed by atoms with van der Waals surface area (Å²) in [6, 6.07) is 13.4. The van der Waals surface area contributed by atoms with Crippen LogP contribution in [0.3, 0.4) is 0 Å². The van der Waals surface area contributed by atoms with Gasteiger partial charge in [0.1, 0.15) is 10.1 Å². The van der Waals surface area contributed by atoms with Gasteiger partial charge in [-0.25, -0.2) is 4.98 Å². The van der Waals surface area contributed by atoms with E-state index in [9.17, 15) is 9.90 Å². The molecule has 0 bridgehead atoms.